The molecular formula is C66H128O17P2. The van der Waals surface area contributed by atoms with Crippen molar-refractivity contribution in [2.45, 2.75) is 355 Å². The fourth-order valence-corrected chi connectivity index (χ4v) is 11.5. The average molecular weight is 1260 g/mol. The van der Waals surface area contributed by atoms with Crippen LogP contribution in [-0.4, -0.2) is 96.7 Å². The van der Waals surface area contributed by atoms with Gasteiger partial charge in [0.05, 0.1) is 26.4 Å². The lowest BCUT2D eigenvalue weighted by atomic mass is 10.0. The highest BCUT2D eigenvalue weighted by atomic mass is 31.2. The molecule has 17 nitrogen and oxygen atoms in total. The zero-order valence-corrected chi connectivity index (χ0v) is 56.5. The van der Waals surface area contributed by atoms with Gasteiger partial charge >= 0.3 is 39.5 Å². The Morgan fingerprint density at radius 3 is 0.800 bits per heavy atom. The largest absolute Gasteiger partial charge is 0.472 e. The Labute approximate surface area is 517 Å². The highest BCUT2D eigenvalue weighted by molar-refractivity contribution is 7.47. The first-order valence-electron chi connectivity index (χ1n) is 34.6. The number of esters is 4. The SMILES string of the molecule is CCCCCCCCCCCCCC(=O)OC[C@H](COP(=O)(O)OC[C@@H](O)COP(=O)(O)OC[C@@H](COC(=O)CCCCCCCCCCCC)OC(=O)CCCCCCCCCCCCC)OC(=O)CCCCCCCCCCCCC(C)C. The molecule has 2 unspecified atom stereocenters. The van der Waals surface area contributed by atoms with Crippen molar-refractivity contribution in [2.24, 2.45) is 5.92 Å². The average Bonchev–Trinajstić information content (AvgIpc) is 3.49. The lowest BCUT2D eigenvalue weighted by Gasteiger charge is -2.21. The van der Waals surface area contributed by atoms with E-state index in [0.29, 0.717) is 25.7 Å². The van der Waals surface area contributed by atoms with Gasteiger partial charge in [-0.25, -0.2) is 9.13 Å². The van der Waals surface area contributed by atoms with Gasteiger partial charge in [0.25, 0.3) is 0 Å². The fraction of sp³-hybridized carbons (Fsp3) is 0.939. The van der Waals surface area contributed by atoms with Crippen molar-refractivity contribution < 1.29 is 80.2 Å². The van der Waals surface area contributed by atoms with Crippen LogP contribution >= 0.6 is 15.6 Å². The molecule has 0 bridgehead atoms. The lowest BCUT2D eigenvalue weighted by molar-refractivity contribution is -0.161. The van der Waals surface area contributed by atoms with Gasteiger partial charge in [0, 0.05) is 25.7 Å². The number of carbonyl (C=O) groups excluding carboxylic acids is 4. The van der Waals surface area contributed by atoms with Gasteiger partial charge in [0.15, 0.2) is 12.2 Å². The summed E-state index contributed by atoms with van der Waals surface area (Å²) >= 11 is 0. The van der Waals surface area contributed by atoms with Crippen molar-refractivity contribution >= 4 is 39.5 Å². The quantitative estimate of drug-likeness (QED) is 0.0222. The van der Waals surface area contributed by atoms with Crippen LogP contribution < -0.4 is 0 Å². The summed E-state index contributed by atoms with van der Waals surface area (Å²) in [4.78, 5) is 72.3. The van der Waals surface area contributed by atoms with E-state index in [-0.39, 0.29) is 25.7 Å². The number of aliphatic hydroxyl groups is 1. The normalized spacial score (nSPS) is 14.2. The molecule has 0 rings (SSSR count). The number of rotatable bonds is 66. The molecule has 5 atom stereocenters. The van der Waals surface area contributed by atoms with Gasteiger partial charge in [-0.3, -0.25) is 37.3 Å². The van der Waals surface area contributed by atoms with E-state index < -0.39 is 97.5 Å². The molecule has 19 heteroatoms. The van der Waals surface area contributed by atoms with Crippen LogP contribution in [0.25, 0.3) is 0 Å². The van der Waals surface area contributed by atoms with Crippen LogP contribution in [0.1, 0.15) is 336 Å². The number of unbranched alkanes of at least 4 members (excludes halogenated alkanes) is 38. The molecule has 85 heavy (non-hydrogen) atoms. The predicted octanol–water partition coefficient (Wildman–Crippen LogP) is 18.6. The third-order valence-corrected chi connectivity index (χ3v) is 17.2. The van der Waals surface area contributed by atoms with Crippen molar-refractivity contribution in [3.63, 3.8) is 0 Å². The molecule has 0 aliphatic heterocycles. The van der Waals surface area contributed by atoms with E-state index in [9.17, 15) is 43.2 Å². The zero-order valence-electron chi connectivity index (χ0n) is 54.7. The van der Waals surface area contributed by atoms with E-state index in [1.807, 2.05) is 0 Å². The van der Waals surface area contributed by atoms with Crippen molar-refractivity contribution in [1.29, 1.82) is 0 Å². The lowest BCUT2D eigenvalue weighted by Crippen LogP contribution is -2.30. The monoisotopic (exact) mass is 1250 g/mol. The van der Waals surface area contributed by atoms with E-state index in [4.69, 9.17) is 37.0 Å². The van der Waals surface area contributed by atoms with E-state index in [0.717, 1.165) is 95.8 Å². The van der Waals surface area contributed by atoms with Crippen LogP contribution in [0.5, 0.6) is 0 Å². The molecule has 0 saturated carbocycles. The van der Waals surface area contributed by atoms with Crippen molar-refractivity contribution in [3.8, 4) is 0 Å². The van der Waals surface area contributed by atoms with Gasteiger partial charge in [-0.1, -0.05) is 285 Å². The molecule has 3 N–H and O–H groups in total. The fourth-order valence-electron chi connectivity index (χ4n) is 9.94. The molecule has 0 saturated heterocycles. The Hall–Kier alpha value is -1.94. The Kier molecular flexibility index (Phi) is 58.3. The Balaban J connectivity index is 5.24. The maximum atomic E-state index is 13.0. The molecule has 0 fully saturated rings. The third-order valence-electron chi connectivity index (χ3n) is 15.3. The van der Waals surface area contributed by atoms with E-state index in [1.165, 1.54) is 161 Å². The van der Waals surface area contributed by atoms with Crippen molar-refractivity contribution in [1.82, 2.24) is 0 Å². The number of phosphoric ester groups is 2. The minimum Gasteiger partial charge on any atom is -0.462 e. The first kappa shape index (κ1) is 83.1. The van der Waals surface area contributed by atoms with Gasteiger partial charge in [0.1, 0.15) is 19.3 Å². The first-order valence-corrected chi connectivity index (χ1v) is 37.6. The summed E-state index contributed by atoms with van der Waals surface area (Å²) in [6.45, 7) is 7.19. The van der Waals surface area contributed by atoms with E-state index in [2.05, 4.69) is 34.6 Å². The van der Waals surface area contributed by atoms with Crippen LogP contribution in [0.15, 0.2) is 0 Å². The molecule has 0 radical (unpaired) electrons. The summed E-state index contributed by atoms with van der Waals surface area (Å²) in [6, 6.07) is 0. The van der Waals surface area contributed by atoms with Gasteiger partial charge < -0.3 is 33.8 Å². The van der Waals surface area contributed by atoms with Crippen LogP contribution in [0.4, 0.5) is 0 Å². The Morgan fingerprint density at radius 1 is 0.318 bits per heavy atom. The smallest absolute Gasteiger partial charge is 0.462 e. The number of hydrogen-bond acceptors (Lipinski definition) is 15. The molecule has 0 aromatic carbocycles. The number of aliphatic hydroxyl groups excluding tert-OH is 1. The van der Waals surface area contributed by atoms with E-state index >= 15 is 0 Å². The summed E-state index contributed by atoms with van der Waals surface area (Å²) in [7, 11) is -9.89. The standard InChI is InChI=1S/C66H128O17P2/c1-6-9-12-15-18-21-24-30-35-40-45-50-64(69)77-56-62(83-66(71)52-47-42-37-32-27-26-28-33-38-43-48-59(4)5)58-81-85(74,75)79-54-60(67)53-78-84(72,73)80-57-61(55-76-63(68)49-44-39-34-29-23-20-17-14-11-8-3)82-65(70)51-46-41-36-31-25-22-19-16-13-10-7-2/h59-62,67H,6-58H2,1-5H3,(H,72,73)(H,74,75)/t60-,61+,62+/m0/s1. The van der Waals surface area contributed by atoms with Crippen LogP contribution in [0, 0.1) is 5.92 Å². The topological polar surface area (TPSA) is 237 Å². The van der Waals surface area contributed by atoms with Gasteiger partial charge in [0.2, 0.25) is 0 Å². The van der Waals surface area contributed by atoms with Crippen molar-refractivity contribution in [3.05, 3.63) is 0 Å². The van der Waals surface area contributed by atoms with Gasteiger partial charge in [-0.15, -0.1) is 0 Å². The maximum absolute atomic E-state index is 13.0. The minimum absolute atomic E-state index is 0.106. The highest BCUT2D eigenvalue weighted by Crippen LogP contribution is 2.45. The Bertz CT molecular complexity index is 1650. The number of carbonyl (C=O) groups is 4. The predicted molar refractivity (Wildman–Crippen MR) is 340 cm³/mol. The maximum Gasteiger partial charge on any atom is 0.472 e. The Morgan fingerprint density at radius 2 is 0.541 bits per heavy atom. The molecule has 0 heterocycles. The van der Waals surface area contributed by atoms with Gasteiger partial charge in [-0.2, -0.15) is 0 Å². The zero-order chi connectivity index (χ0) is 62.8. The molecule has 0 spiro atoms. The number of ether oxygens (including phenoxy) is 4. The highest BCUT2D eigenvalue weighted by Gasteiger charge is 2.30. The molecule has 0 aliphatic rings. The van der Waals surface area contributed by atoms with E-state index in [1.54, 1.807) is 0 Å². The van der Waals surface area contributed by atoms with Crippen LogP contribution in [-0.2, 0) is 65.4 Å². The summed E-state index contributed by atoms with van der Waals surface area (Å²) in [5, 5.41) is 10.6. The molecule has 0 aromatic heterocycles. The van der Waals surface area contributed by atoms with Crippen molar-refractivity contribution in [2.75, 3.05) is 39.6 Å². The summed E-state index contributed by atoms with van der Waals surface area (Å²) in [6.07, 6.45) is 44.2. The number of phosphoric acid groups is 2. The molecule has 504 valence electrons. The third kappa shape index (κ3) is 60.7. The second-order valence-electron chi connectivity index (χ2n) is 24.3. The second kappa shape index (κ2) is 59.7. The van der Waals surface area contributed by atoms with Gasteiger partial charge in [-0.05, 0) is 31.6 Å². The minimum atomic E-state index is -4.95. The molecule has 0 amide bonds. The van der Waals surface area contributed by atoms with Crippen LogP contribution in [0.3, 0.4) is 0 Å². The molecular weight excluding hydrogens is 1130 g/mol. The van der Waals surface area contributed by atoms with Crippen LogP contribution in [0.2, 0.25) is 0 Å². The first-order chi connectivity index (χ1) is 41.0. The molecule has 0 aliphatic carbocycles. The number of hydrogen-bond donors (Lipinski definition) is 3. The molecule has 0 aromatic rings. The summed E-state index contributed by atoms with van der Waals surface area (Å²) in [5.41, 5.74) is 0. The summed E-state index contributed by atoms with van der Waals surface area (Å²) in [5.74, 6) is -1.38. The summed E-state index contributed by atoms with van der Waals surface area (Å²) < 4.78 is 68.1. The second-order valence-corrected chi connectivity index (χ2v) is 27.2.